The lowest BCUT2D eigenvalue weighted by molar-refractivity contribution is 0.0985. The van der Waals surface area contributed by atoms with Gasteiger partial charge in [-0.15, -0.1) is 11.3 Å². The first kappa shape index (κ1) is 10.4. The molecular weight excluding hydrogens is 204 g/mol. The van der Waals surface area contributed by atoms with Gasteiger partial charge >= 0.3 is 0 Å². The van der Waals surface area contributed by atoms with Crippen LogP contribution < -0.4 is 0 Å². The van der Waals surface area contributed by atoms with Crippen LogP contribution in [0.3, 0.4) is 0 Å². The number of carbonyl (C=O) groups is 1. The fraction of sp³-hybridized carbons (Fsp3) is 0.308. The number of hydrogen-bond donors (Lipinski definition) is 0. The molecule has 0 atom stereocenters. The largest absolute Gasteiger partial charge is 0.293 e. The molecule has 2 heteroatoms. The fourth-order valence-corrected chi connectivity index (χ4v) is 2.96. The van der Waals surface area contributed by atoms with E-state index in [0.717, 1.165) is 16.9 Å². The molecule has 0 spiro atoms. The van der Waals surface area contributed by atoms with Crippen molar-refractivity contribution in [3.05, 3.63) is 34.7 Å². The quantitative estimate of drug-likeness (QED) is 0.706. The maximum Gasteiger partial charge on any atom is 0.173 e. The van der Waals surface area contributed by atoms with Crippen LogP contribution in [0.2, 0.25) is 0 Å². The lowest BCUT2D eigenvalue weighted by Gasteiger charge is -1.96. The fourth-order valence-electron chi connectivity index (χ4n) is 1.78. The second-order valence-electron chi connectivity index (χ2n) is 3.73. The Morgan fingerprint density at radius 2 is 2.07 bits per heavy atom. The molecule has 1 heterocycles. The minimum atomic E-state index is 0.288. The van der Waals surface area contributed by atoms with Gasteiger partial charge in [0, 0.05) is 11.1 Å². The van der Waals surface area contributed by atoms with Gasteiger partial charge in [-0.05, 0) is 30.4 Å². The van der Waals surface area contributed by atoms with Crippen molar-refractivity contribution in [1.82, 2.24) is 0 Å². The summed E-state index contributed by atoms with van der Waals surface area (Å²) in [5, 5.41) is 1.22. The molecule has 2 aromatic rings. The van der Waals surface area contributed by atoms with Gasteiger partial charge in [0.1, 0.15) is 0 Å². The number of ketones is 1. The van der Waals surface area contributed by atoms with Crippen LogP contribution in [0, 0.1) is 6.92 Å². The van der Waals surface area contributed by atoms with Gasteiger partial charge < -0.3 is 0 Å². The van der Waals surface area contributed by atoms with Crippen molar-refractivity contribution >= 4 is 27.2 Å². The number of rotatable bonds is 3. The third-order valence-electron chi connectivity index (χ3n) is 2.57. The summed E-state index contributed by atoms with van der Waals surface area (Å²) in [4.78, 5) is 12.8. The van der Waals surface area contributed by atoms with Crippen molar-refractivity contribution in [2.45, 2.75) is 26.7 Å². The Balaban J connectivity index is 2.53. The third kappa shape index (κ3) is 1.82. The van der Waals surface area contributed by atoms with Crippen molar-refractivity contribution < 1.29 is 4.79 Å². The van der Waals surface area contributed by atoms with Crippen LogP contribution in [0.25, 0.3) is 10.1 Å². The van der Waals surface area contributed by atoms with Crippen molar-refractivity contribution in [1.29, 1.82) is 0 Å². The van der Waals surface area contributed by atoms with E-state index in [1.54, 1.807) is 11.3 Å². The van der Waals surface area contributed by atoms with Crippen LogP contribution in [0.5, 0.6) is 0 Å². The minimum absolute atomic E-state index is 0.288. The Morgan fingerprint density at radius 1 is 1.33 bits per heavy atom. The van der Waals surface area contributed by atoms with E-state index in [2.05, 4.69) is 12.1 Å². The Bertz CT molecular complexity index is 496. The number of aryl methyl sites for hydroxylation is 1. The molecule has 0 fully saturated rings. The molecule has 1 nitrogen and oxygen atoms in total. The summed E-state index contributed by atoms with van der Waals surface area (Å²) >= 11 is 1.62. The van der Waals surface area contributed by atoms with Gasteiger partial charge in [0.25, 0.3) is 0 Å². The number of hydrogen-bond acceptors (Lipinski definition) is 2. The van der Waals surface area contributed by atoms with Gasteiger partial charge in [0.05, 0.1) is 4.88 Å². The lowest BCUT2D eigenvalue weighted by atomic mass is 10.1. The standard InChI is InChI=1S/C13H14OS/c1-3-6-11(14)13-9(2)10-7-4-5-8-12(10)15-13/h4-5,7-8H,3,6H2,1-2H3. The van der Waals surface area contributed by atoms with Gasteiger partial charge in [0.15, 0.2) is 5.78 Å². The molecule has 0 aliphatic heterocycles. The highest BCUT2D eigenvalue weighted by molar-refractivity contribution is 7.21. The molecule has 0 N–H and O–H groups in total. The lowest BCUT2D eigenvalue weighted by Crippen LogP contribution is -1.96. The molecule has 78 valence electrons. The molecule has 0 saturated heterocycles. The molecule has 2 rings (SSSR count). The molecule has 15 heavy (non-hydrogen) atoms. The number of fused-ring (bicyclic) bond motifs is 1. The van der Waals surface area contributed by atoms with Gasteiger partial charge in [-0.2, -0.15) is 0 Å². The zero-order valence-electron chi connectivity index (χ0n) is 9.04. The summed E-state index contributed by atoms with van der Waals surface area (Å²) < 4.78 is 1.22. The number of Topliss-reactive ketones (excluding diaryl/α,β-unsaturated/α-hetero) is 1. The Morgan fingerprint density at radius 3 is 2.73 bits per heavy atom. The van der Waals surface area contributed by atoms with Crippen molar-refractivity contribution in [2.24, 2.45) is 0 Å². The van der Waals surface area contributed by atoms with E-state index in [4.69, 9.17) is 0 Å². The number of thiophene rings is 1. The van der Waals surface area contributed by atoms with Gasteiger partial charge in [0.2, 0.25) is 0 Å². The van der Waals surface area contributed by atoms with Crippen molar-refractivity contribution in [3.63, 3.8) is 0 Å². The van der Waals surface area contributed by atoms with E-state index in [1.165, 1.54) is 10.1 Å². The normalized spacial score (nSPS) is 10.8. The second kappa shape index (κ2) is 4.15. The van der Waals surface area contributed by atoms with Crippen molar-refractivity contribution in [2.75, 3.05) is 0 Å². The van der Waals surface area contributed by atoms with E-state index in [1.807, 2.05) is 26.0 Å². The molecule has 1 aromatic carbocycles. The minimum Gasteiger partial charge on any atom is -0.293 e. The average Bonchev–Trinajstić information content (AvgIpc) is 2.57. The molecule has 0 aliphatic rings. The maximum atomic E-state index is 11.8. The predicted molar refractivity (Wildman–Crippen MR) is 65.8 cm³/mol. The summed E-state index contributed by atoms with van der Waals surface area (Å²) in [5.74, 6) is 0.288. The van der Waals surface area contributed by atoms with E-state index < -0.39 is 0 Å². The summed E-state index contributed by atoms with van der Waals surface area (Å²) in [7, 11) is 0. The molecular formula is C13H14OS. The van der Waals surface area contributed by atoms with Crippen LogP contribution in [0.1, 0.15) is 35.0 Å². The topological polar surface area (TPSA) is 17.1 Å². The maximum absolute atomic E-state index is 11.8. The van der Waals surface area contributed by atoms with E-state index in [-0.39, 0.29) is 5.78 Å². The Hall–Kier alpha value is -1.15. The molecule has 0 unspecified atom stereocenters. The SMILES string of the molecule is CCCC(=O)c1sc2ccccc2c1C. The first-order valence-corrected chi connectivity index (χ1v) is 6.07. The predicted octanol–water partition coefficient (Wildman–Crippen LogP) is 4.19. The first-order chi connectivity index (χ1) is 7.24. The summed E-state index contributed by atoms with van der Waals surface area (Å²) in [6, 6.07) is 8.21. The van der Waals surface area contributed by atoms with Gasteiger partial charge in [-0.3, -0.25) is 4.79 Å². The molecule has 0 radical (unpaired) electrons. The van der Waals surface area contributed by atoms with Crippen LogP contribution in [0.4, 0.5) is 0 Å². The molecule has 0 saturated carbocycles. The Labute approximate surface area is 93.7 Å². The number of benzene rings is 1. The summed E-state index contributed by atoms with van der Waals surface area (Å²) in [6.45, 7) is 4.09. The van der Waals surface area contributed by atoms with Crippen LogP contribution in [-0.4, -0.2) is 5.78 Å². The third-order valence-corrected chi connectivity index (χ3v) is 3.89. The number of carbonyl (C=O) groups excluding carboxylic acids is 1. The zero-order chi connectivity index (χ0) is 10.8. The molecule has 0 bridgehead atoms. The average molecular weight is 218 g/mol. The highest BCUT2D eigenvalue weighted by atomic mass is 32.1. The van der Waals surface area contributed by atoms with Crippen LogP contribution in [0.15, 0.2) is 24.3 Å². The summed E-state index contributed by atoms with van der Waals surface area (Å²) in [6.07, 6.45) is 1.58. The monoisotopic (exact) mass is 218 g/mol. The van der Waals surface area contributed by atoms with Crippen molar-refractivity contribution in [3.8, 4) is 0 Å². The van der Waals surface area contributed by atoms with E-state index in [9.17, 15) is 4.79 Å². The van der Waals surface area contributed by atoms with E-state index in [0.29, 0.717) is 6.42 Å². The Kier molecular flexibility index (Phi) is 2.87. The second-order valence-corrected chi connectivity index (χ2v) is 4.78. The first-order valence-electron chi connectivity index (χ1n) is 5.25. The molecule has 0 aliphatic carbocycles. The highest BCUT2D eigenvalue weighted by Gasteiger charge is 2.13. The van der Waals surface area contributed by atoms with Gasteiger partial charge in [-0.25, -0.2) is 0 Å². The van der Waals surface area contributed by atoms with Gasteiger partial charge in [-0.1, -0.05) is 25.1 Å². The van der Waals surface area contributed by atoms with E-state index >= 15 is 0 Å². The highest BCUT2D eigenvalue weighted by Crippen LogP contribution is 2.31. The smallest absolute Gasteiger partial charge is 0.173 e. The molecule has 0 amide bonds. The van der Waals surface area contributed by atoms with Crippen LogP contribution >= 0.6 is 11.3 Å². The van der Waals surface area contributed by atoms with Crippen LogP contribution in [-0.2, 0) is 0 Å². The molecule has 1 aromatic heterocycles. The zero-order valence-corrected chi connectivity index (χ0v) is 9.86. The summed E-state index contributed by atoms with van der Waals surface area (Å²) in [5.41, 5.74) is 1.15.